The molecule has 0 aliphatic rings. The summed E-state index contributed by atoms with van der Waals surface area (Å²) in [6.45, 7) is 0. The molecule has 0 fully saturated rings. The highest BCUT2D eigenvalue weighted by Crippen LogP contribution is 2.40. The lowest BCUT2D eigenvalue weighted by Crippen LogP contribution is -2.10. The number of rotatable bonds is 7. The largest absolute Gasteiger partial charge is 0.310 e. The second-order valence-corrected chi connectivity index (χ2v) is 11.9. The fourth-order valence-electron chi connectivity index (χ4n) is 6.43. The quantitative estimate of drug-likeness (QED) is 0.176. The van der Waals surface area contributed by atoms with E-state index in [1.807, 2.05) is 0 Å². The number of nitrogens with zero attached hydrogens (tertiary/aromatic N) is 1. The summed E-state index contributed by atoms with van der Waals surface area (Å²) in [5.74, 6) is 0. The molecule has 8 aromatic carbocycles. The van der Waals surface area contributed by atoms with E-state index >= 15 is 0 Å². The molecule has 0 atom stereocenters. The molecule has 0 bridgehead atoms. The van der Waals surface area contributed by atoms with Crippen LogP contribution in [0.3, 0.4) is 0 Å². The molecule has 0 saturated carbocycles. The molecule has 0 saturated heterocycles. The van der Waals surface area contributed by atoms with E-state index in [9.17, 15) is 0 Å². The van der Waals surface area contributed by atoms with Crippen LogP contribution in [0.25, 0.3) is 55.3 Å². The van der Waals surface area contributed by atoms with Crippen molar-refractivity contribution < 1.29 is 0 Å². The van der Waals surface area contributed by atoms with Crippen molar-refractivity contribution in [1.82, 2.24) is 0 Å². The average Bonchev–Trinajstić information content (AvgIpc) is 3.16. The zero-order chi connectivity index (χ0) is 31.4. The van der Waals surface area contributed by atoms with E-state index in [0.29, 0.717) is 0 Å². The molecular formula is C46H33N. The maximum Gasteiger partial charge on any atom is 0.0467 e. The predicted molar refractivity (Wildman–Crippen MR) is 200 cm³/mol. The minimum Gasteiger partial charge on any atom is -0.310 e. The molecule has 0 unspecified atom stereocenters. The van der Waals surface area contributed by atoms with Crippen molar-refractivity contribution in [3.05, 3.63) is 200 Å². The maximum atomic E-state index is 2.38. The van der Waals surface area contributed by atoms with Gasteiger partial charge in [0, 0.05) is 17.1 Å². The van der Waals surface area contributed by atoms with Crippen LogP contribution in [0.2, 0.25) is 0 Å². The lowest BCUT2D eigenvalue weighted by atomic mass is 9.98. The Bertz CT molecular complexity index is 2300. The molecule has 0 aliphatic carbocycles. The lowest BCUT2D eigenvalue weighted by Gasteiger charge is -2.27. The molecule has 0 spiro atoms. The first-order valence-corrected chi connectivity index (χ1v) is 16.1. The van der Waals surface area contributed by atoms with Gasteiger partial charge in [0.15, 0.2) is 0 Å². The normalized spacial score (nSPS) is 11.0. The van der Waals surface area contributed by atoms with E-state index in [4.69, 9.17) is 0 Å². The van der Waals surface area contributed by atoms with Crippen LogP contribution in [-0.2, 0) is 0 Å². The SMILES string of the molecule is c1ccc(-c2cccc(-c3cccc(N(c4cccc(-c5ccccc5)c4)c4cccc(-c5ccc6ccccc6c5)c4)c3)c2)cc1. The first-order chi connectivity index (χ1) is 23.3. The molecule has 1 nitrogen and oxygen atoms in total. The molecule has 222 valence electrons. The average molecular weight is 600 g/mol. The van der Waals surface area contributed by atoms with Crippen molar-refractivity contribution in [2.24, 2.45) is 0 Å². The van der Waals surface area contributed by atoms with E-state index in [-0.39, 0.29) is 0 Å². The van der Waals surface area contributed by atoms with Crippen LogP contribution in [0, 0.1) is 0 Å². The predicted octanol–water partition coefficient (Wildman–Crippen LogP) is 13.0. The Morgan fingerprint density at radius 1 is 0.213 bits per heavy atom. The van der Waals surface area contributed by atoms with Gasteiger partial charge >= 0.3 is 0 Å². The molecule has 0 radical (unpaired) electrons. The fraction of sp³-hybridized carbons (Fsp3) is 0. The van der Waals surface area contributed by atoms with Crippen molar-refractivity contribution in [2.75, 3.05) is 4.90 Å². The van der Waals surface area contributed by atoms with Crippen LogP contribution < -0.4 is 4.90 Å². The molecule has 0 amide bonds. The summed E-state index contributed by atoms with van der Waals surface area (Å²) in [5, 5.41) is 2.49. The second-order valence-electron chi connectivity index (χ2n) is 11.9. The van der Waals surface area contributed by atoms with Crippen molar-refractivity contribution in [1.29, 1.82) is 0 Å². The van der Waals surface area contributed by atoms with Crippen molar-refractivity contribution in [3.8, 4) is 44.5 Å². The van der Waals surface area contributed by atoms with Crippen molar-refractivity contribution in [2.45, 2.75) is 0 Å². The third-order valence-electron chi connectivity index (χ3n) is 8.81. The van der Waals surface area contributed by atoms with Crippen LogP contribution in [0.4, 0.5) is 17.1 Å². The Morgan fingerprint density at radius 2 is 0.574 bits per heavy atom. The van der Waals surface area contributed by atoms with Crippen LogP contribution in [0.1, 0.15) is 0 Å². The summed E-state index contributed by atoms with van der Waals surface area (Å²) >= 11 is 0. The molecule has 8 rings (SSSR count). The monoisotopic (exact) mass is 599 g/mol. The van der Waals surface area contributed by atoms with Gasteiger partial charge in [0.2, 0.25) is 0 Å². The number of anilines is 3. The fourth-order valence-corrected chi connectivity index (χ4v) is 6.43. The van der Waals surface area contributed by atoms with E-state index in [1.165, 1.54) is 55.3 Å². The van der Waals surface area contributed by atoms with Crippen molar-refractivity contribution >= 4 is 27.8 Å². The first-order valence-electron chi connectivity index (χ1n) is 16.1. The van der Waals surface area contributed by atoms with Gasteiger partial charge in [-0.15, -0.1) is 0 Å². The summed E-state index contributed by atoms with van der Waals surface area (Å²) in [6, 6.07) is 71.9. The number of hydrogen-bond donors (Lipinski definition) is 0. The molecule has 0 heterocycles. The minimum atomic E-state index is 1.11. The Labute approximate surface area is 276 Å². The van der Waals surface area contributed by atoms with Crippen molar-refractivity contribution in [3.63, 3.8) is 0 Å². The Morgan fingerprint density at radius 3 is 1.11 bits per heavy atom. The zero-order valence-electron chi connectivity index (χ0n) is 26.0. The number of hydrogen-bond acceptors (Lipinski definition) is 1. The summed E-state index contributed by atoms with van der Waals surface area (Å²) in [5.41, 5.74) is 12.9. The Kier molecular flexibility index (Phi) is 7.63. The third-order valence-corrected chi connectivity index (χ3v) is 8.81. The molecule has 1 heteroatoms. The van der Waals surface area contributed by atoms with E-state index < -0.39 is 0 Å². The molecule has 47 heavy (non-hydrogen) atoms. The smallest absolute Gasteiger partial charge is 0.0467 e. The van der Waals surface area contributed by atoms with Gasteiger partial charge in [0.1, 0.15) is 0 Å². The minimum absolute atomic E-state index is 1.11. The Balaban J connectivity index is 1.25. The van der Waals surface area contributed by atoms with Crippen LogP contribution >= 0.6 is 0 Å². The van der Waals surface area contributed by atoms with Gasteiger partial charge in [-0.25, -0.2) is 0 Å². The lowest BCUT2D eigenvalue weighted by molar-refractivity contribution is 1.28. The highest BCUT2D eigenvalue weighted by molar-refractivity contribution is 5.89. The van der Waals surface area contributed by atoms with Crippen LogP contribution in [0.5, 0.6) is 0 Å². The number of fused-ring (bicyclic) bond motifs is 1. The second kappa shape index (κ2) is 12.7. The summed E-state index contributed by atoms with van der Waals surface area (Å²) in [6.07, 6.45) is 0. The van der Waals surface area contributed by atoms with Gasteiger partial charge in [-0.1, -0.05) is 152 Å². The van der Waals surface area contributed by atoms with Gasteiger partial charge in [-0.05, 0) is 104 Å². The first kappa shape index (κ1) is 28.3. The summed E-state index contributed by atoms with van der Waals surface area (Å²) in [7, 11) is 0. The number of benzene rings is 8. The van der Waals surface area contributed by atoms with Gasteiger partial charge in [-0.2, -0.15) is 0 Å². The summed E-state index contributed by atoms with van der Waals surface area (Å²) in [4.78, 5) is 2.38. The third kappa shape index (κ3) is 5.95. The van der Waals surface area contributed by atoms with Gasteiger partial charge < -0.3 is 4.90 Å². The zero-order valence-corrected chi connectivity index (χ0v) is 26.0. The molecule has 0 aliphatic heterocycles. The Hall–Kier alpha value is -6.18. The molecular weight excluding hydrogens is 567 g/mol. The van der Waals surface area contributed by atoms with Crippen LogP contribution in [0.15, 0.2) is 200 Å². The maximum absolute atomic E-state index is 2.38. The highest BCUT2D eigenvalue weighted by Gasteiger charge is 2.16. The van der Waals surface area contributed by atoms with E-state index in [0.717, 1.165) is 17.1 Å². The van der Waals surface area contributed by atoms with Crippen LogP contribution in [-0.4, -0.2) is 0 Å². The van der Waals surface area contributed by atoms with E-state index in [2.05, 4.69) is 205 Å². The molecule has 0 aromatic heterocycles. The molecule has 0 N–H and O–H groups in total. The van der Waals surface area contributed by atoms with E-state index in [1.54, 1.807) is 0 Å². The topological polar surface area (TPSA) is 3.24 Å². The highest BCUT2D eigenvalue weighted by atomic mass is 15.1. The van der Waals surface area contributed by atoms with Gasteiger partial charge in [0.25, 0.3) is 0 Å². The van der Waals surface area contributed by atoms with Gasteiger partial charge in [0.05, 0.1) is 0 Å². The van der Waals surface area contributed by atoms with Gasteiger partial charge in [-0.3, -0.25) is 0 Å². The standard InChI is InChI=1S/C46H33N/c1-3-13-34(14-4-1)38-19-9-20-39(29-38)41-22-11-25-45(32-41)47(44-24-10-21-40(31-44)35-15-5-2-6-16-35)46-26-12-23-42(33-46)43-28-27-36-17-7-8-18-37(36)30-43/h1-33H. The summed E-state index contributed by atoms with van der Waals surface area (Å²) < 4.78 is 0. The molecule has 8 aromatic rings.